The molecule has 8 heteroatoms. The molecule has 1 aromatic heterocycles. The Morgan fingerprint density at radius 2 is 2.12 bits per heavy atom. The van der Waals surface area contributed by atoms with Crippen LogP contribution in [0.2, 0.25) is 0 Å². The van der Waals surface area contributed by atoms with Gasteiger partial charge in [0.05, 0.1) is 16.4 Å². The number of aryl methyl sites for hydroxylation is 2. The molecule has 3 rings (SSSR count). The summed E-state index contributed by atoms with van der Waals surface area (Å²) in [4.78, 5) is 13.6. The van der Waals surface area contributed by atoms with Crippen LogP contribution in [0.25, 0.3) is 0 Å². The van der Waals surface area contributed by atoms with Crippen molar-refractivity contribution < 1.29 is 22.3 Å². The summed E-state index contributed by atoms with van der Waals surface area (Å²) >= 11 is 1.16. The van der Waals surface area contributed by atoms with Gasteiger partial charge in [-0.05, 0) is 43.5 Å². The molecule has 0 aliphatic carbocycles. The van der Waals surface area contributed by atoms with Crippen molar-refractivity contribution in [2.75, 3.05) is 13.2 Å². The number of ketones is 1. The van der Waals surface area contributed by atoms with Crippen LogP contribution in [0, 0.1) is 19.7 Å². The second-order valence-electron chi connectivity index (χ2n) is 6.40. The normalized spacial score (nSPS) is 17.6. The fourth-order valence-corrected chi connectivity index (χ4v) is 5.65. The van der Waals surface area contributed by atoms with Crippen LogP contribution in [0.4, 0.5) is 4.39 Å². The summed E-state index contributed by atoms with van der Waals surface area (Å²) in [7, 11) is -3.69. The molecule has 0 amide bonds. The first-order chi connectivity index (χ1) is 12.3. The lowest BCUT2D eigenvalue weighted by atomic mass is 10.1. The van der Waals surface area contributed by atoms with E-state index in [0.29, 0.717) is 40.5 Å². The molecule has 1 atom stereocenters. The smallest absolute Gasteiger partial charge is 0.242 e. The van der Waals surface area contributed by atoms with Crippen LogP contribution < -0.4 is 4.72 Å². The van der Waals surface area contributed by atoms with Gasteiger partial charge in [0.25, 0.3) is 0 Å². The standard InChI is InChI=1S/C18H20FNO4S2/c1-11-7-13(3-4-15(11)19)8-16(21)17-9-18(12(2)25-17)26(22,23)20-14-5-6-24-10-14/h3-4,7,9,14,20H,5-6,8,10H2,1-2H3/t14-/m0/s1. The van der Waals surface area contributed by atoms with Crippen molar-refractivity contribution in [2.24, 2.45) is 0 Å². The van der Waals surface area contributed by atoms with Gasteiger partial charge in [0.15, 0.2) is 5.78 Å². The van der Waals surface area contributed by atoms with E-state index in [1.165, 1.54) is 12.1 Å². The number of hydrogen-bond acceptors (Lipinski definition) is 5. The molecule has 1 fully saturated rings. The number of ether oxygens (including phenoxy) is 1. The molecule has 0 spiro atoms. The predicted octanol–water partition coefficient (Wildman–Crippen LogP) is 3.00. The van der Waals surface area contributed by atoms with E-state index in [9.17, 15) is 17.6 Å². The molecule has 0 bridgehead atoms. The Hall–Kier alpha value is -1.61. The Morgan fingerprint density at radius 1 is 1.35 bits per heavy atom. The summed E-state index contributed by atoms with van der Waals surface area (Å²) in [6, 6.07) is 5.73. The Kier molecular flexibility index (Phi) is 5.57. The zero-order valence-corrected chi connectivity index (χ0v) is 16.2. The van der Waals surface area contributed by atoms with E-state index in [1.807, 2.05) is 0 Å². The van der Waals surface area contributed by atoms with E-state index in [4.69, 9.17) is 4.74 Å². The van der Waals surface area contributed by atoms with Gasteiger partial charge in [-0.15, -0.1) is 11.3 Å². The monoisotopic (exact) mass is 397 g/mol. The van der Waals surface area contributed by atoms with Gasteiger partial charge in [-0.1, -0.05) is 12.1 Å². The Morgan fingerprint density at radius 3 is 2.77 bits per heavy atom. The highest BCUT2D eigenvalue weighted by atomic mass is 32.2. The third-order valence-electron chi connectivity index (χ3n) is 4.28. The third-order valence-corrected chi connectivity index (χ3v) is 7.14. The molecule has 1 aliphatic heterocycles. The van der Waals surface area contributed by atoms with E-state index in [0.717, 1.165) is 11.3 Å². The fourth-order valence-electron chi connectivity index (χ4n) is 2.87. The first-order valence-electron chi connectivity index (χ1n) is 8.25. The number of nitrogens with one attached hydrogen (secondary N) is 1. The molecular weight excluding hydrogens is 377 g/mol. The second kappa shape index (κ2) is 7.56. The summed E-state index contributed by atoms with van der Waals surface area (Å²) in [5.74, 6) is -0.502. The van der Waals surface area contributed by atoms with Crippen molar-refractivity contribution in [2.45, 2.75) is 37.6 Å². The van der Waals surface area contributed by atoms with Crippen molar-refractivity contribution >= 4 is 27.1 Å². The summed E-state index contributed by atoms with van der Waals surface area (Å²) in [6.45, 7) is 4.22. The molecule has 0 saturated carbocycles. The van der Waals surface area contributed by atoms with Gasteiger partial charge in [-0.2, -0.15) is 0 Å². The third kappa shape index (κ3) is 4.20. The maximum absolute atomic E-state index is 13.3. The molecule has 1 N–H and O–H groups in total. The van der Waals surface area contributed by atoms with E-state index in [-0.39, 0.29) is 29.0 Å². The molecule has 1 aromatic carbocycles. The largest absolute Gasteiger partial charge is 0.380 e. The van der Waals surface area contributed by atoms with Crippen LogP contribution in [-0.2, 0) is 21.2 Å². The average Bonchev–Trinajstić information content (AvgIpc) is 3.20. The van der Waals surface area contributed by atoms with Gasteiger partial charge in [-0.25, -0.2) is 17.5 Å². The van der Waals surface area contributed by atoms with Crippen LogP contribution in [0.1, 0.15) is 32.1 Å². The zero-order valence-electron chi connectivity index (χ0n) is 14.5. The molecule has 1 aliphatic rings. The van der Waals surface area contributed by atoms with Crippen LogP contribution in [-0.4, -0.2) is 33.5 Å². The van der Waals surface area contributed by atoms with Crippen molar-refractivity contribution in [3.63, 3.8) is 0 Å². The topological polar surface area (TPSA) is 72.5 Å². The van der Waals surface area contributed by atoms with Gasteiger partial charge in [-0.3, -0.25) is 4.79 Å². The summed E-state index contributed by atoms with van der Waals surface area (Å²) in [5, 5.41) is 0. The van der Waals surface area contributed by atoms with E-state index in [1.54, 1.807) is 26.0 Å². The van der Waals surface area contributed by atoms with Gasteiger partial charge in [0.1, 0.15) is 5.82 Å². The number of Topliss-reactive ketones (excluding diaryl/α,β-unsaturated/α-hetero) is 1. The first-order valence-corrected chi connectivity index (χ1v) is 10.5. The molecule has 0 unspecified atom stereocenters. The quantitative estimate of drug-likeness (QED) is 0.761. The number of hydrogen-bond donors (Lipinski definition) is 1. The molecule has 2 heterocycles. The molecule has 1 saturated heterocycles. The summed E-state index contributed by atoms with van der Waals surface area (Å²) < 4.78 is 46.3. The van der Waals surface area contributed by atoms with Crippen LogP contribution in [0.15, 0.2) is 29.2 Å². The molecule has 5 nitrogen and oxygen atoms in total. The van der Waals surface area contributed by atoms with Gasteiger partial charge in [0.2, 0.25) is 10.0 Å². The van der Waals surface area contributed by atoms with E-state index < -0.39 is 10.0 Å². The molecule has 140 valence electrons. The highest BCUT2D eigenvalue weighted by molar-refractivity contribution is 7.89. The number of carbonyl (C=O) groups is 1. The summed E-state index contributed by atoms with van der Waals surface area (Å²) in [5.41, 5.74) is 1.18. The number of benzene rings is 1. The number of rotatable bonds is 6. The van der Waals surface area contributed by atoms with Crippen LogP contribution in [0.5, 0.6) is 0 Å². The van der Waals surface area contributed by atoms with E-state index in [2.05, 4.69) is 4.72 Å². The number of halogens is 1. The highest BCUT2D eigenvalue weighted by Crippen LogP contribution is 2.27. The molecule has 0 radical (unpaired) electrons. The maximum Gasteiger partial charge on any atom is 0.242 e. The van der Waals surface area contributed by atoms with Crippen LogP contribution >= 0.6 is 11.3 Å². The summed E-state index contributed by atoms with van der Waals surface area (Å²) in [6.07, 6.45) is 0.739. The Balaban J connectivity index is 1.78. The lowest BCUT2D eigenvalue weighted by Gasteiger charge is -2.10. The Labute approximate surface area is 156 Å². The minimum atomic E-state index is -3.69. The SMILES string of the molecule is Cc1cc(CC(=O)c2cc(S(=O)(=O)N[C@H]3CCOC3)c(C)s2)ccc1F. The maximum atomic E-state index is 13.3. The second-order valence-corrected chi connectivity index (χ2v) is 9.34. The number of carbonyl (C=O) groups excluding carboxylic acids is 1. The number of thiophene rings is 1. The lowest BCUT2D eigenvalue weighted by Crippen LogP contribution is -2.35. The number of sulfonamides is 1. The molecule has 2 aromatic rings. The Bertz CT molecular complexity index is 931. The molecular formula is C18H20FNO4S2. The highest BCUT2D eigenvalue weighted by Gasteiger charge is 2.27. The molecule has 26 heavy (non-hydrogen) atoms. The lowest BCUT2D eigenvalue weighted by molar-refractivity contribution is 0.0996. The van der Waals surface area contributed by atoms with Crippen molar-refractivity contribution in [3.8, 4) is 0 Å². The average molecular weight is 397 g/mol. The van der Waals surface area contributed by atoms with Gasteiger partial charge < -0.3 is 4.74 Å². The fraction of sp³-hybridized carbons (Fsp3) is 0.389. The predicted molar refractivity (Wildman–Crippen MR) is 97.8 cm³/mol. The van der Waals surface area contributed by atoms with Gasteiger partial charge >= 0.3 is 0 Å². The first kappa shape index (κ1) is 19.2. The van der Waals surface area contributed by atoms with E-state index >= 15 is 0 Å². The van der Waals surface area contributed by atoms with Crippen LogP contribution in [0.3, 0.4) is 0 Å². The zero-order chi connectivity index (χ0) is 18.9. The minimum absolute atomic E-state index is 0.102. The van der Waals surface area contributed by atoms with Crippen molar-refractivity contribution in [3.05, 3.63) is 51.0 Å². The minimum Gasteiger partial charge on any atom is -0.380 e. The van der Waals surface area contributed by atoms with Crippen molar-refractivity contribution in [1.29, 1.82) is 0 Å². The van der Waals surface area contributed by atoms with Crippen molar-refractivity contribution in [1.82, 2.24) is 4.72 Å². The van der Waals surface area contributed by atoms with Gasteiger partial charge in [0, 0.05) is 23.9 Å².